The lowest BCUT2D eigenvalue weighted by molar-refractivity contribution is -0.384. The van der Waals surface area contributed by atoms with Crippen molar-refractivity contribution < 1.29 is 4.92 Å². The highest BCUT2D eigenvalue weighted by atomic mass is 16.6. The molecule has 0 aliphatic heterocycles. The van der Waals surface area contributed by atoms with Gasteiger partial charge in [0.25, 0.3) is 0 Å². The van der Waals surface area contributed by atoms with E-state index in [2.05, 4.69) is 60.3 Å². The van der Waals surface area contributed by atoms with Crippen molar-refractivity contribution in [1.82, 2.24) is 19.4 Å². The molecule has 0 bridgehead atoms. The van der Waals surface area contributed by atoms with Gasteiger partial charge in [0, 0.05) is 36.1 Å². The summed E-state index contributed by atoms with van der Waals surface area (Å²) in [6.07, 6.45) is 3.34. The number of nitrogen functional groups attached to an aromatic ring is 1. The van der Waals surface area contributed by atoms with Crippen LogP contribution in [0.25, 0.3) is 16.9 Å². The van der Waals surface area contributed by atoms with Gasteiger partial charge in [0.2, 0.25) is 11.8 Å². The number of pyridine rings is 1. The van der Waals surface area contributed by atoms with E-state index in [9.17, 15) is 10.1 Å². The number of hydrogen-bond donors (Lipinski definition) is 2. The van der Waals surface area contributed by atoms with Crippen molar-refractivity contribution in [2.24, 2.45) is 0 Å². The molecule has 4 aromatic rings. The molecule has 3 aromatic heterocycles. The summed E-state index contributed by atoms with van der Waals surface area (Å²) in [6.45, 7) is 9.19. The van der Waals surface area contributed by atoms with Gasteiger partial charge in [0.1, 0.15) is 5.65 Å². The Morgan fingerprint density at radius 1 is 1.09 bits per heavy atom. The van der Waals surface area contributed by atoms with Crippen molar-refractivity contribution in [2.45, 2.75) is 46.0 Å². The maximum absolute atomic E-state index is 10.9. The molecule has 0 radical (unpaired) electrons. The second-order valence-electron chi connectivity index (χ2n) is 9.40. The van der Waals surface area contributed by atoms with E-state index in [0.29, 0.717) is 24.6 Å². The lowest BCUT2D eigenvalue weighted by Crippen LogP contribution is -2.11. The number of fused-ring (bicyclic) bond motifs is 1. The SMILES string of the molecule is Cc1cn2c(NCCCc3ccc([N+](=O)[O-])c(N)n3)nc(-c3ccc(C(C)(C)C)cc3)cc2n1. The summed E-state index contributed by atoms with van der Waals surface area (Å²) in [4.78, 5) is 24.0. The molecule has 3 N–H and O–H groups in total. The third-order valence-electron chi connectivity index (χ3n) is 5.67. The number of nitrogens with zero attached hydrogens (tertiary/aromatic N) is 5. The van der Waals surface area contributed by atoms with Crippen LogP contribution in [0.4, 0.5) is 17.5 Å². The molecule has 0 amide bonds. The van der Waals surface area contributed by atoms with Gasteiger partial charge in [-0.05, 0) is 36.8 Å². The van der Waals surface area contributed by atoms with Gasteiger partial charge in [0.15, 0.2) is 0 Å². The fourth-order valence-electron chi connectivity index (χ4n) is 3.80. The van der Waals surface area contributed by atoms with Gasteiger partial charge in [0.05, 0.1) is 16.3 Å². The molecule has 0 aliphatic carbocycles. The monoisotopic (exact) mass is 459 g/mol. The van der Waals surface area contributed by atoms with Gasteiger partial charge in [-0.25, -0.2) is 15.0 Å². The van der Waals surface area contributed by atoms with E-state index in [1.165, 1.54) is 11.6 Å². The maximum atomic E-state index is 10.9. The van der Waals surface area contributed by atoms with E-state index in [1.54, 1.807) is 6.07 Å². The zero-order valence-corrected chi connectivity index (χ0v) is 19.9. The van der Waals surface area contributed by atoms with Crippen molar-refractivity contribution >= 4 is 23.1 Å². The molecule has 34 heavy (non-hydrogen) atoms. The number of aryl methyl sites for hydroxylation is 2. The predicted molar refractivity (Wildman–Crippen MR) is 134 cm³/mol. The summed E-state index contributed by atoms with van der Waals surface area (Å²) in [7, 11) is 0. The predicted octanol–water partition coefficient (Wildman–Crippen LogP) is 4.93. The number of nitrogens with one attached hydrogen (secondary N) is 1. The van der Waals surface area contributed by atoms with Crippen LogP contribution in [0.2, 0.25) is 0 Å². The van der Waals surface area contributed by atoms with Crippen LogP contribution in [0.15, 0.2) is 48.7 Å². The summed E-state index contributed by atoms with van der Waals surface area (Å²) in [5, 5.41) is 14.3. The van der Waals surface area contributed by atoms with Crippen molar-refractivity contribution in [3.8, 4) is 11.3 Å². The third-order valence-corrected chi connectivity index (χ3v) is 5.67. The van der Waals surface area contributed by atoms with Crippen LogP contribution in [0.5, 0.6) is 0 Å². The van der Waals surface area contributed by atoms with Gasteiger partial charge in [-0.2, -0.15) is 0 Å². The van der Waals surface area contributed by atoms with Crippen molar-refractivity contribution in [2.75, 3.05) is 17.6 Å². The number of nitrogens with two attached hydrogens (primary N) is 1. The van der Waals surface area contributed by atoms with E-state index in [-0.39, 0.29) is 16.9 Å². The molecular weight excluding hydrogens is 430 g/mol. The molecule has 9 nitrogen and oxygen atoms in total. The Morgan fingerprint density at radius 2 is 1.82 bits per heavy atom. The van der Waals surface area contributed by atoms with Crippen LogP contribution in [-0.2, 0) is 11.8 Å². The van der Waals surface area contributed by atoms with Crippen molar-refractivity contribution in [3.63, 3.8) is 0 Å². The minimum absolute atomic E-state index is 0.0575. The van der Waals surface area contributed by atoms with E-state index in [1.807, 2.05) is 23.6 Å². The molecule has 3 heterocycles. The highest BCUT2D eigenvalue weighted by Gasteiger charge is 2.15. The van der Waals surface area contributed by atoms with Crippen LogP contribution in [0.3, 0.4) is 0 Å². The highest BCUT2D eigenvalue weighted by molar-refractivity contribution is 5.66. The molecule has 0 unspecified atom stereocenters. The zero-order valence-electron chi connectivity index (χ0n) is 19.9. The first-order valence-electron chi connectivity index (χ1n) is 11.2. The molecule has 0 fully saturated rings. The first kappa shape index (κ1) is 23.2. The van der Waals surface area contributed by atoms with E-state index in [4.69, 9.17) is 10.7 Å². The third kappa shape index (κ3) is 4.98. The summed E-state index contributed by atoms with van der Waals surface area (Å²) in [6, 6.07) is 13.5. The van der Waals surface area contributed by atoms with Gasteiger partial charge < -0.3 is 11.1 Å². The molecule has 0 saturated carbocycles. The highest BCUT2D eigenvalue weighted by Crippen LogP contribution is 2.27. The van der Waals surface area contributed by atoms with Crippen LogP contribution >= 0.6 is 0 Å². The molecule has 176 valence electrons. The zero-order chi connectivity index (χ0) is 24.5. The number of benzene rings is 1. The van der Waals surface area contributed by atoms with Gasteiger partial charge >= 0.3 is 5.69 Å². The lowest BCUT2D eigenvalue weighted by atomic mass is 9.86. The molecule has 0 spiro atoms. The Balaban J connectivity index is 1.51. The fourth-order valence-corrected chi connectivity index (χ4v) is 3.80. The fraction of sp³-hybridized carbons (Fsp3) is 0.320. The summed E-state index contributed by atoms with van der Waals surface area (Å²) in [5.41, 5.74) is 11.2. The van der Waals surface area contributed by atoms with E-state index >= 15 is 0 Å². The standard InChI is InChI=1S/C25H29N7O2/c1-16-15-31-22(28-16)14-20(17-7-9-18(10-8-17)25(2,3)4)30-24(31)27-13-5-6-19-11-12-21(32(33)34)23(26)29-19/h7-12,14-15H,5-6,13H2,1-4H3,(H2,26,29)(H,27,30). The lowest BCUT2D eigenvalue weighted by Gasteiger charge is -2.19. The van der Waals surface area contributed by atoms with Crippen LogP contribution < -0.4 is 11.1 Å². The summed E-state index contributed by atoms with van der Waals surface area (Å²) < 4.78 is 1.95. The Hall–Kier alpha value is -4.01. The summed E-state index contributed by atoms with van der Waals surface area (Å²) >= 11 is 0. The van der Waals surface area contributed by atoms with Crippen molar-refractivity contribution in [3.05, 3.63) is 75.7 Å². The molecule has 0 aliphatic rings. The largest absolute Gasteiger partial charge is 0.378 e. The Morgan fingerprint density at radius 3 is 2.47 bits per heavy atom. The number of nitro groups is 1. The number of rotatable bonds is 7. The van der Waals surface area contributed by atoms with Gasteiger partial charge in [-0.15, -0.1) is 0 Å². The topological polar surface area (TPSA) is 124 Å². The number of hydrogen-bond acceptors (Lipinski definition) is 7. The van der Waals surface area contributed by atoms with Crippen molar-refractivity contribution in [1.29, 1.82) is 0 Å². The van der Waals surface area contributed by atoms with E-state index < -0.39 is 4.92 Å². The average Bonchev–Trinajstić information content (AvgIpc) is 3.16. The Kier molecular flexibility index (Phi) is 6.19. The molecule has 4 rings (SSSR count). The number of imidazole rings is 1. The maximum Gasteiger partial charge on any atom is 0.311 e. The average molecular weight is 460 g/mol. The second kappa shape index (κ2) is 9.09. The molecule has 0 saturated heterocycles. The minimum atomic E-state index is -0.526. The van der Waals surface area contributed by atoms with Gasteiger partial charge in [-0.1, -0.05) is 45.0 Å². The summed E-state index contributed by atoms with van der Waals surface area (Å²) in [5.74, 6) is 0.655. The van der Waals surface area contributed by atoms with Gasteiger partial charge in [-0.3, -0.25) is 14.5 Å². The van der Waals surface area contributed by atoms with E-state index in [0.717, 1.165) is 29.0 Å². The van der Waals surface area contributed by atoms with Crippen LogP contribution in [-0.4, -0.2) is 30.8 Å². The quantitative estimate of drug-likeness (QED) is 0.228. The molecular formula is C25H29N7O2. The normalized spacial score (nSPS) is 11.6. The molecule has 1 aromatic carbocycles. The van der Waals surface area contributed by atoms with Crippen LogP contribution in [0, 0.1) is 17.0 Å². The minimum Gasteiger partial charge on any atom is -0.378 e. The first-order chi connectivity index (χ1) is 16.1. The molecule has 0 atom stereocenters. The Bertz CT molecular complexity index is 1340. The first-order valence-corrected chi connectivity index (χ1v) is 11.2. The second-order valence-corrected chi connectivity index (χ2v) is 9.40. The van der Waals surface area contributed by atoms with Crippen LogP contribution in [0.1, 0.15) is 44.1 Å². The molecule has 9 heteroatoms. The Labute approximate surface area is 198 Å². The number of anilines is 2. The number of aromatic nitrogens is 4. The smallest absolute Gasteiger partial charge is 0.311 e.